The molecule has 0 saturated carbocycles. The lowest BCUT2D eigenvalue weighted by molar-refractivity contribution is -0.139. The van der Waals surface area contributed by atoms with Gasteiger partial charge in [-0.15, -0.1) is 11.3 Å². The summed E-state index contributed by atoms with van der Waals surface area (Å²) in [4.78, 5) is 24.6. The van der Waals surface area contributed by atoms with Gasteiger partial charge in [-0.3, -0.25) is 14.3 Å². The number of carbonyl (C=O) groups excluding carboxylic acids is 2. The quantitative estimate of drug-likeness (QED) is 0.709. The third-order valence-electron chi connectivity index (χ3n) is 3.70. The predicted octanol–water partition coefficient (Wildman–Crippen LogP) is 2.50. The highest BCUT2D eigenvalue weighted by Crippen LogP contribution is 2.28. The van der Waals surface area contributed by atoms with Gasteiger partial charge < -0.3 is 10.1 Å². The van der Waals surface area contributed by atoms with E-state index in [4.69, 9.17) is 0 Å². The van der Waals surface area contributed by atoms with Crippen molar-refractivity contribution >= 4 is 33.4 Å². The first-order valence-corrected chi connectivity index (χ1v) is 8.36. The first-order valence-electron chi connectivity index (χ1n) is 7.54. The van der Waals surface area contributed by atoms with Crippen molar-refractivity contribution in [3.05, 3.63) is 52.3 Å². The zero-order valence-electron chi connectivity index (χ0n) is 13.7. The number of hydrogen-bond donors (Lipinski definition) is 1. The molecule has 2 heterocycles. The number of fused-ring (bicyclic) bond motifs is 1. The Morgan fingerprint density at radius 2 is 2.04 bits per heavy atom. The lowest BCUT2D eigenvalue weighted by Gasteiger charge is -2.03. The maximum atomic E-state index is 13.0. The Bertz CT molecular complexity index is 931. The summed E-state index contributed by atoms with van der Waals surface area (Å²) in [6.07, 6.45) is 0. The summed E-state index contributed by atoms with van der Waals surface area (Å²) in [5.74, 6) is -1.13. The monoisotopic (exact) mass is 361 g/mol. The first-order chi connectivity index (χ1) is 12.0. The van der Waals surface area contributed by atoms with Crippen LogP contribution in [0.15, 0.2) is 30.3 Å². The predicted molar refractivity (Wildman–Crippen MR) is 92.2 cm³/mol. The van der Waals surface area contributed by atoms with Gasteiger partial charge in [-0.2, -0.15) is 5.10 Å². The summed E-state index contributed by atoms with van der Waals surface area (Å²) in [5, 5.41) is 7.89. The number of nitrogens with zero attached hydrogens (tertiary/aromatic N) is 2. The molecule has 3 rings (SSSR count). The van der Waals surface area contributed by atoms with Crippen LogP contribution in [0.25, 0.3) is 10.2 Å². The minimum absolute atomic E-state index is 0.176. The van der Waals surface area contributed by atoms with Crippen LogP contribution in [0.1, 0.15) is 20.9 Å². The Balaban J connectivity index is 1.84. The lowest BCUT2D eigenvalue weighted by Crippen LogP contribution is -2.29. The van der Waals surface area contributed by atoms with Crippen LogP contribution in [-0.2, 0) is 16.1 Å². The highest BCUT2D eigenvalue weighted by atomic mass is 32.1. The fraction of sp³-hybridized carbons (Fsp3) is 0.235. The molecule has 1 amide bonds. The van der Waals surface area contributed by atoms with Crippen LogP contribution in [0.3, 0.4) is 0 Å². The van der Waals surface area contributed by atoms with Gasteiger partial charge in [-0.25, -0.2) is 4.39 Å². The minimum atomic E-state index is -0.506. The summed E-state index contributed by atoms with van der Waals surface area (Å²) in [6, 6.07) is 7.98. The SMILES string of the molecule is COC(=O)CNC(=O)c1cc2c(C)nn(Cc3ccc(F)cc3)c2s1. The molecule has 0 atom stereocenters. The zero-order chi connectivity index (χ0) is 18.0. The molecule has 1 aromatic carbocycles. The van der Waals surface area contributed by atoms with E-state index in [1.54, 1.807) is 22.9 Å². The molecule has 6 nitrogen and oxygen atoms in total. The Hall–Kier alpha value is -2.74. The summed E-state index contributed by atoms with van der Waals surface area (Å²) < 4.78 is 19.3. The minimum Gasteiger partial charge on any atom is -0.468 e. The van der Waals surface area contributed by atoms with Crippen LogP contribution in [0.2, 0.25) is 0 Å². The topological polar surface area (TPSA) is 73.2 Å². The Morgan fingerprint density at radius 1 is 1.32 bits per heavy atom. The van der Waals surface area contributed by atoms with Crippen LogP contribution in [-0.4, -0.2) is 35.3 Å². The highest BCUT2D eigenvalue weighted by molar-refractivity contribution is 7.20. The van der Waals surface area contributed by atoms with E-state index in [0.717, 1.165) is 21.5 Å². The number of esters is 1. The summed E-state index contributed by atoms with van der Waals surface area (Å²) in [7, 11) is 1.27. The van der Waals surface area contributed by atoms with E-state index < -0.39 is 5.97 Å². The number of thiophene rings is 1. The molecule has 2 aromatic heterocycles. The van der Waals surface area contributed by atoms with Gasteiger partial charge in [0.2, 0.25) is 0 Å². The molecule has 1 N–H and O–H groups in total. The molecule has 0 spiro atoms. The third-order valence-corrected chi connectivity index (χ3v) is 4.84. The molecule has 130 valence electrons. The van der Waals surface area contributed by atoms with Crippen molar-refractivity contribution in [3.63, 3.8) is 0 Å². The molecule has 25 heavy (non-hydrogen) atoms. The van der Waals surface area contributed by atoms with Crippen molar-refractivity contribution in [2.45, 2.75) is 13.5 Å². The van der Waals surface area contributed by atoms with Crippen molar-refractivity contribution in [2.24, 2.45) is 0 Å². The van der Waals surface area contributed by atoms with Gasteiger partial charge in [0.05, 0.1) is 24.2 Å². The lowest BCUT2D eigenvalue weighted by atomic mass is 10.2. The standard InChI is InChI=1S/C17H16FN3O3S/c1-10-13-7-14(16(23)19-8-15(22)24-2)25-17(13)21(20-10)9-11-3-5-12(18)6-4-11/h3-7H,8-9H2,1-2H3,(H,19,23). The maximum absolute atomic E-state index is 13.0. The number of rotatable bonds is 5. The first kappa shape index (κ1) is 17.1. The number of hydrogen-bond acceptors (Lipinski definition) is 5. The van der Waals surface area contributed by atoms with Crippen molar-refractivity contribution in [1.82, 2.24) is 15.1 Å². The van der Waals surface area contributed by atoms with Gasteiger partial charge in [0.1, 0.15) is 17.2 Å². The van der Waals surface area contributed by atoms with Gasteiger partial charge in [0.25, 0.3) is 5.91 Å². The molecule has 3 aromatic rings. The zero-order valence-corrected chi connectivity index (χ0v) is 14.5. The number of aromatic nitrogens is 2. The average Bonchev–Trinajstić information content (AvgIpc) is 3.16. The largest absolute Gasteiger partial charge is 0.468 e. The van der Waals surface area contributed by atoms with Crippen molar-refractivity contribution in [2.75, 3.05) is 13.7 Å². The van der Waals surface area contributed by atoms with Crippen LogP contribution >= 0.6 is 11.3 Å². The normalized spacial score (nSPS) is 10.8. The third kappa shape index (κ3) is 3.69. The van der Waals surface area contributed by atoms with Gasteiger partial charge in [0, 0.05) is 5.39 Å². The molecule has 0 bridgehead atoms. The van der Waals surface area contributed by atoms with Crippen LogP contribution in [0.4, 0.5) is 4.39 Å². The van der Waals surface area contributed by atoms with Gasteiger partial charge in [-0.1, -0.05) is 12.1 Å². The van der Waals surface area contributed by atoms with E-state index >= 15 is 0 Å². The molecule has 0 radical (unpaired) electrons. The number of amides is 1. The van der Waals surface area contributed by atoms with E-state index in [0.29, 0.717) is 11.4 Å². The molecule has 0 unspecified atom stereocenters. The van der Waals surface area contributed by atoms with Gasteiger partial charge >= 0.3 is 5.97 Å². The molecule has 0 fully saturated rings. The second-order valence-electron chi connectivity index (χ2n) is 5.46. The van der Waals surface area contributed by atoms with Crippen molar-refractivity contribution in [1.29, 1.82) is 0 Å². The Morgan fingerprint density at radius 3 is 2.72 bits per heavy atom. The molecule has 0 saturated heterocycles. The van der Waals surface area contributed by atoms with Crippen molar-refractivity contribution in [3.8, 4) is 0 Å². The molecule has 0 aliphatic rings. The van der Waals surface area contributed by atoms with E-state index in [-0.39, 0.29) is 18.3 Å². The summed E-state index contributed by atoms with van der Waals surface area (Å²) >= 11 is 1.30. The van der Waals surface area contributed by atoms with Crippen LogP contribution < -0.4 is 5.32 Å². The number of carbonyl (C=O) groups is 2. The second kappa shape index (κ2) is 7.02. The fourth-order valence-electron chi connectivity index (χ4n) is 2.41. The van der Waals surface area contributed by atoms with E-state index in [9.17, 15) is 14.0 Å². The van der Waals surface area contributed by atoms with Crippen molar-refractivity contribution < 1.29 is 18.7 Å². The van der Waals surface area contributed by atoms with Crippen LogP contribution in [0.5, 0.6) is 0 Å². The number of nitrogens with one attached hydrogen (secondary N) is 1. The maximum Gasteiger partial charge on any atom is 0.325 e. The van der Waals surface area contributed by atoms with E-state index in [1.807, 2.05) is 6.92 Å². The molecule has 8 heteroatoms. The average molecular weight is 361 g/mol. The summed E-state index contributed by atoms with van der Waals surface area (Å²) in [6.45, 7) is 2.17. The molecular weight excluding hydrogens is 345 g/mol. The molecule has 0 aliphatic heterocycles. The molecular formula is C17H16FN3O3S. The number of aryl methyl sites for hydroxylation is 1. The Kier molecular flexibility index (Phi) is 4.80. The summed E-state index contributed by atoms with van der Waals surface area (Å²) in [5.41, 5.74) is 1.72. The molecule has 0 aliphatic carbocycles. The number of ether oxygens (including phenoxy) is 1. The smallest absolute Gasteiger partial charge is 0.325 e. The van der Waals surface area contributed by atoms with Gasteiger partial charge in [0.15, 0.2) is 0 Å². The van der Waals surface area contributed by atoms with Crippen LogP contribution in [0, 0.1) is 12.7 Å². The van der Waals surface area contributed by atoms with Gasteiger partial charge in [-0.05, 0) is 30.7 Å². The van der Waals surface area contributed by atoms with E-state index in [2.05, 4.69) is 15.2 Å². The Labute approximate surface area is 147 Å². The fourth-order valence-corrected chi connectivity index (χ4v) is 3.48. The number of methoxy groups -OCH3 is 1. The number of halogens is 1. The number of benzene rings is 1. The highest BCUT2D eigenvalue weighted by Gasteiger charge is 2.17. The van der Waals surface area contributed by atoms with E-state index in [1.165, 1.54) is 30.6 Å². The second-order valence-corrected chi connectivity index (χ2v) is 6.49.